The van der Waals surface area contributed by atoms with Crippen LogP contribution in [0.3, 0.4) is 0 Å². The van der Waals surface area contributed by atoms with Gasteiger partial charge in [0.25, 0.3) is 0 Å². The van der Waals surface area contributed by atoms with Gasteiger partial charge in [-0.15, -0.1) is 0 Å². The molecule has 0 aliphatic carbocycles. The van der Waals surface area contributed by atoms with Crippen LogP contribution in [0.15, 0.2) is 42.6 Å². The fourth-order valence-electron chi connectivity index (χ4n) is 3.29. The first-order valence-electron chi connectivity index (χ1n) is 8.25. The highest BCUT2D eigenvalue weighted by Crippen LogP contribution is 2.31. The van der Waals surface area contributed by atoms with Gasteiger partial charge >= 0.3 is 0 Å². The molecule has 3 rings (SSSR count). The molecule has 0 saturated carbocycles. The van der Waals surface area contributed by atoms with E-state index in [0.29, 0.717) is 0 Å². The Morgan fingerprint density at radius 1 is 1.17 bits per heavy atom. The smallest absolute Gasteiger partial charge is 0.249 e. The van der Waals surface area contributed by atoms with Crippen LogP contribution in [0.5, 0.6) is 0 Å². The summed E-state index contributed by atoms with van der Waals surface area (Å²) >= 11 is 0. The Morgan fingerprint density at radius 2 is 1.92 bits per heavy atom. The van der Waals surface area contributed by atoms with Crippen molar-refractivity contribution in [1.29, 1.82) is 0 Å². The van der Waals surface area contributed by atoms with Crippen molar-refractivity contribution >= 4 is 23.1 Å². The number of anilines is 3. The molecular weight excluding hydrogens is 300 g/mol. The Morgan fingerprint density at radius 3 is 2.67 bits per heavy atom. The molecule has 2 aromatic rings. The number of para-hydroxylation sites is 1. The van der Waals surface area contributed by atoms with Gasteiger partial charge in [-0.1, -0.05) is 18.2 Å². The average molecular weight is 324 g/mol. The number of carbonyl (C=O) groups is 1. The number of nitrogens with zero attached hydrogens (tertiary/aromatic N) is 4. The predicted octanol–water partition coefficient (Wildman–Crippen LogP) is 2.56. The summed E-state index contributed by atoms with van der Waals surface area (Å²) in [4.78, 5) is 23.3. The van der Waals surface area contributed by atoms with Crippen molar-refractivity contribution in [2.24, 2.45) is 0 Å². The SMILES string of the molecule is CC(C(=O)N(C)c1cccnc1N(C)C)N1CCc2ccccc21. The number of likely N-dealkylation sites (N-methyl/N-ethyl adjacent to an activating group) is 1. The maximum absolute atomic E-state index is 13.1. The molecule has 0 radical (unpaired) electrons. The van der Waals surface area contributed by atoms with Crippen LogP contribution in [0.4, 0.5) is 17.2 Å². The van der Waals surface area contributed by atoms with Crippen LogP contribution < -0.4 is 14.7 Å². The largest absolute Gasteiger partial charge is 0.361 e. The Hall–Kier alpha value is -2.56. The molecule has 0 N–H and O–H groups in total. The summed E-state index contributed by atoms with van der Waals surface area (Å²) in [7, 11) is 5.69. The van der Waals surface area contributed by atoms with Crippen molar-refractivity contribution in [2.45, 2.75) is 19.4 Å². The monoisotopic (exact) mass is 324 g/mol. The molecule has 5 heteroatoms. The fraction of sp³-hybridized carbons (Fsp3) is 0.368. The molecule has 1 amide bonds. The number of fused-ring (bicyclic) bond motifs is 1. The van der Waals surface area contributed by atoms with E-state index < -0.39 is 0 Å². The van der Waals surface area contributed by atoms with E-state index in [2.05, 4.69) is 28.1 Å². The summed E-state index contributed by atoms with van der Waals surface area (Å²) in [5.74, 6) is 0.866. The van der Waals surface area contributed by atoms with Gasteiger partial charge in [0, 0.05) is 39.6 Å². The van der Waals surface area contributed by atoms with Crippen LogP contribution >= 0.6 is 0 Å². The number of rotatable bonds is 4. The molecule has 0 spiro atoms. The first-order valence-corrected chi connectivity index (χ1v) is 8.25. The third-order valence-electron chi connectivity index (χ3n) is 4.63. The summed E-state index contributed by atoms with van der Waals surface area (Å²) in [5, 5.41) is 0. The van der Waals surface area contributed by atoms with E-state index in [1.54, 1.807) is 11.1 Å². The van der Waals surface area contributed by atoms with Crippen molar-refractivity contribution in [2.75, 3.05) is 42.4 Å². The maximum atomic E-state index is 13.1. The van der Waals surface area contributed by atoms with Gasteiger partial charge in [0.2, 0.25) is 5.91 Å². The van der Waals surface area contributed by atoms with E-state index in [0.717, 1.165) is 24.5 Å². The van der Waals surface area contributed by atoms with Gasteiger partial charge in [0.15, 0.2) is 5.82 Å². The maximum Gasteiger partial charge on any atom is 0.249 e. The Balaban J connectivity index is 1.85. The van der Waals surface area contributed by atoms with Crippen LogP contribution in [0.25, 0.3) is 0 Å². The minimum Gasteiger partial charge on any atom is -0.361 e. The normalized spacial score (nSPS) is 14.2. The summed E-state index contributed by atoms with van der Waals surface area (Å²) in [5.41, 5.74) is 3.31. The van der Waals surface area contributed by atoms with Gasteiger partial charge in [0.05, 0.1) is 5.69 Å². The lowest BCUT2D eigenvalue weighted by molar-refractivity contribution is -0.119. The highest BCUT2D eigenvalue weighted by Gasteiger charge is 2.30. The van der Waals surface area contributed by atoms with Gasteiger partial charge in [-0.25, -0.2) is 4.98 Å². The zero-order valence-corrected chi connectivity index (χ0v) is 14.7. The number of amides is 1. The highest BCUT2D eigenvalue weighted by atomic mass is 16.2. The summed E-state index contributed by atoms with van der Waals surface area (Å²) in [6.45, 7) is 2.86. The number of hydrogen-bond acceptors (Lipinski definition) is 4. The van der Waals surface area contributed by atoms with Crippen molar-refractivity contribution in [3.8, 4) is 0 Å². The van der Waals surface area contributed by atoms with E-state index in [9.17, 15) is 4.79 Å². The zero-order valence-electron chi connectivity index (χ0n) is 14.7. The molecule has 1 aromatic heterocycles. The molecule has 0 saturated heterocycles. The van der Waals surface area contributed by atoms with Crippen molar-refractivity contribution in [3.05, 3.63) is 48.2 Å². The average Bonchev–Trinajstić information content (AvgIpc) is 3.03. The van der Waals surface area contributed by atoms with Crippen LogP contribution in [-0.2, 0) is 11.2 Å². The summed E-state index contributed by atoms with van der Waals surface area (Å²) < 4.78 is 0. The van der Waals surface area contributed by atoms with Gasteiger partial charge in [-0.3, -0.25) is 4.79 Å². The summed E-state index contributed by atoms with van der Waals surface area (Å²) in [6, 6.07) is 11.9. The first-order chi connectivity index (χ1) is 11.5. The highest BCUT2D eigenvalue weighted by molar-refractivity contribution is 6.00. The minimum atomic E-state index is -0.214. The fourth-order valence-corrected chi connectivity index (χ4v) is 3.29. The first kappa shape index (κ1) is 16.3. The van der Waals surface area contributed by atoms with Crippen LogP contribution in [0, 0.1) is 0 Å². The van der Waals surface area contributed by atoms with E-state index in [4.69, 9.17) is 0 Å². The third kappa shape index (κ3) is 2.82. The summed E-state index contributed by atoms with van der Waals surface area (Å²) in [6.07, 6.45) is 2.74. The number of aromatic nitrogens is 1. The molecule has 1 aliphatic rings. The van der Waals surface area contributed by atoms with Crippen molar-refractivity contribution in [3.63, 3.8) is 0 Å². The van der Waals surface area contributed by atoms with Crippen LogP contribution in [0.2, 0.25) is 0 Å². The molecule has 1 unspecified atom stereocenters. The Kier molecular flexibility index (Phi) is 4.42. The zero-order chi connectivity index (χ0) is 17.3. The van der Waals surface area contributed by atoms with Gasteiger partial charge in [-0.05, 0) is 37.1 Å². The number of hydrogen-bond donors (Lipinski definition) is 0. The van der Waals surface area contributed by atoms with Crippen molar-refractivity contribution in [1.82, 2.24) is 4.98 Å². The molecule has 1 atom stereocenters. The van der Waals surface area contributed by atoms with Crippen LogP contribution in [-0.4, -0.2) is 44.6 Å². The van der Waals surface area contributed by atoms with Crippen LogP contribution in [0.1, 0.15) is 12.5 Å². The second kappa shape index (κ2) is 6.51. The molecular formula is C19H24N4O. The Labute approximate surface area is 143 Å². The predicted molar refractivity (Wildman–Crippen MR) is 98.9 cm³/mol. The number of pyridine rings is 1. The topological polar surface area (TPSA) is 39.7 Å². The van der Waals surface area contributed by atoms with Gasteiger partial charge < -0.3 is 14.7 Å². The van der Waals surface area contributed by atoms with Gasteiger partial charge in [-0.2, -0.15) is 0 Å². The molecule has 5 nitrogen and oxygen atoms in total. The molecule has 126 valence electrons. The van der Waals surface area contributed by atoms with Crippen molar-refractivity contribution < 1.29 is 4.79 Å². The lowest BCUT2D eigenvalue weighted by Crippen LogP contribution is -2.45. The van der Waals surface area contributed by atoms with E-state index in [-0.39, 0.29) is 11.9 Å². The minimum absolute atomic E-state index is 0.0720. The van der Waals surface area contributed by atoms with Gasteiger partial charge in [0.1, 0.15) is 6.04 Å². The molecule has 1 aliphatic heterocycles. The second-order valence-electron chi connectivity index (χ2n) is 6.39. The van der Waals surface area contributed by atoms with E-state index in [1.807, 2.05) is 51.2 Å². The number of carbonyl (C=O) groups excluding carboxylic acids is 1. The standard InChI is InChI=1S/C19H24N4O/c1-14(23-13-11-15-8-5-6-9-16(15)23)19(24)22(4)17-10-7-12-20-18(17)21(2)3/h5-10,12,14H,11,13H2,1-4H3. The molecule has 2 heterocycles. The van der Waals surface area contributed by atoms with E-state index >= 15 is 0 Å². The lowest BCUT2D eigenvalue weighted by Gasteiger charge is -2.31. The molecule has 24 heavy (non-hydrogen) atoms. The van der Waals surface area contributed by atoms with E-state index in [1.165, 1.54) is 11.3 Å². The third-order valence-corrected chi connectivity index (χ3v) is 4.63. The molecule has 1 aromatic carbocycles. The second-order valence-corrected chi connectivity index (χ2v) is 6.39. The number of benzene rings is 1. The Bertz CT molecular complexity index is 744. The molecule has 0 bridgehead atoms. The lowest BCUT2D eigenvalue weighted by atomic mass is 10.1. The molecule has 0 fully saturated rings. The quantitative estimate of drug-likeness (QED) is 0.866.